The van der Waals surface area contributed by atoms with Crippen LogP contribution in [0.1, 0.15) is 70.4 Å². The van der Waals surface area contributed by atoms with E-state index in [0.717, 1.165) is 37.0 Å². The van der Waals surface area contributed by atoms with Crippen LogP contribution < -0.4 is 15.4 Å². The van der Waals surface area contributed by atoms with Crippen LogP contribution in [0.25, 0.3) is 5.57 Å². The largest absolute Gasteiger partial charge is 0.496 e. The zero-order valence-electron chi connectivity index (χ0n) is 20.7. The molecule has 0 saturated carbocycles. The molecule has 0 aromatic heterocycles. The average Bonchev–Trinajstić information content (AvgIpc) is 3.36. The molecule has 0 fully saturated rings. The van der Waals surface area contributed by atoms with Crippen molar-refractivity contribution < 1.29 is 24.2 Å². The maximum absolute atomic E-state index is 12.0. The van der Waals surface area contributed by atoms with Crippen LogP contribution in [0.15, 0.2) is 35.9 Å². The van der Waals surface area contributed by atoms with Gasteiger partial charge in [-0.25, -0.2) is 4.79 Å². The van der Waals surface area contributed by atoms with Crippen LogP contribution in [0.2, 0.25) is 0 Å². The lowest BCUT2D eigenvalue weighted by molar-refractivity contribution is -0.133. The van der Waals surface area contributed by atoms with Gasteiger partial charge >= 0.3 is 5.97 Å². The number of hydrogen-bond donors (Lipinski definition) is 3. The predicted molar refractivity (Wildman–Crippen MR) is 133 cm³/mol. The molecule has 186 valence electrons. The molecule has 7 nitrogen and oxygen atoms in total. The first-order valence-electron chi connectivity index (χ1n) is 12.3. The Hall–Kier alpha value is -2.64. The first-order chi connectivity index (χ1) is 16.4. The van der Waals surface area contributed by atoms with Crippen molar-refractivity contribution >= 4 is 17.4 Å². The highest BCUT2D eigenvalue weighted by Crippen LogP contribution is 2.32. The summed E-state index contributed by atoms with van der Waals surface area (Å²) in [6.07, 6.45) is 8.71. The number of methoxy groups -OCH3 is 1. The highest BCUT2D eigenvalue weighted by atomic mass is 16.5. The monoisotopic (exact) mass is 470 g/mol. The van der Waals surface area contributed by atoms with Crippen molar-refractivity contribution in [3.8, 4) is 5.75 Å². The highest BCUT2D eigenvalue weighted by Gasteiger charge is 2.37. The lowest BCUT2D eigenvalue weighted by Gasteiger charge is -2.38. The van der Waals surface area contributed by atoms with Crippen molar-refractivity contribution in [2.45, 2.75) is 90.1 Å². The number of aliphatic carboxylic acids is 1. The molecule has 0 saturated heterocycles. The second kappa shape index (κ2) is 12.2. The Morgan fingerprint density at radius 3 is 2.59 bits per heavy atom. The minimum atomic E-state index is -0.960. The van der Waals surface area contributed by atoms with E-state index >= 15 is 0 Å². The highest BCUT2D eigenvalue weighted by molar-refractivity contribution is 5.87. The van der Waals surface area contributed by atoms with Crippen LogP contribution in [0.5, 0.6) is 5.75 Å². The summed E-state index contributed by atoms with van der Waals surface area (Å²) in [6.45, 7) is 6.04. The third kappa shape index (κ3) is 6.48. The van der Waals surface area contributed by atoms with Gasteiger partial charge in [-0.2, -0.15) is 0 Å². The number of ether oxygens (including phenoxy) is 2. The van der Waals surface area contributed by atoms with Crippen molar-refractivity contribution in [3.05, 3.63) is 47.1 Å². The Morgan fingerprint density at radius 2 is 2.00 bits per heavy atom. The number of carbonyl (C=O) groups excluding carboxylic acids is 1. The van der Waals surface area contributed by atoms with Gasteiger partial charge in [-0.15, -0.1) is 0 Å². The summed E-state index contributed by atoms with van der Waals surface area (Å²) in [6, 6.07) is 5.56. The lowest BCUT2D eigenvalue weighted by Crippen LogP contribution is -2.58. The normalized spacial score (nSPS) is 22.3. The first kappa shape index (κ1) is 26.0. The van der Waals surface area contributed by atoms with Crippen molar-refractivity contribution in [2.75, 3.05) is 7.11 Å². The molecule has 34 heavy (non-hydrogen) atoms. The van der Waals surface area contributed by atoms with Crippen LogP contribution in [0.3, 0.4) is 0 Å². The van der Waals surface area contributed by atoms with Crippen molar-refractivity contribution in [3.63, 3.8) is 0 Å². The quantitative estimate of drug-likeness (QED) is 0.448. The third-order valence-electron chi connectivity index (χ3n) is 6.75. The smallest absolute Gasteiger partial charge is 0.331 e. The molecule has 1 amide bonds. The molecule has 3 atom stereocenters. The van der Waals surface area contributed by atoms with E-state index in [0.29, 0.717) is 12.1 Å². The van der Waals surface area contributed by atoms with E-state index in [1.165, 1.54) is 24.5 Å². The number of allylic oxidation sites excluding steroid dienone is 2. The fourth-order valence-corrected chi connectivity index (χ4v) is 4.83. The summed E-state index contributed by atoms with van der Waals surface area (Å²) in [5.74, 6) is -0.338. The molecule has 2 aliphatic rings. The summed E-state index contributed by atoms with van der Waals surface area (Å²) < 4.78 is 11.9. The molecule has 0 radical (unpaired) electrons. The zero-order chi connectivity index (χ0) is 24.7. The summed E-state index contributed by atoms with van der Waals surface area (Å²) >= 11 is 0. The molecule has 1 aromatic carbocycles. The zero-order valence-corrected chi connectivity index (χ0v) is 20.7. The summed E-state index contributed by atoms with van der Waals surface area (Å²) in [5, 5.41) is 16.2. The minimum absolute atomic E-state index is 0.0103. The van der Waals surface area contributed by atoms with Gasteiger partial charge in [0.15, 0.2) is 0 Å². The van der Waals surface area contributed by atoms with Gasteiger partial charge in [0.25, 0.3) is 0 Å². The van der Waals surface area contributed by atoms with E-state index in [-0.39, 0.29) is 30.5 Å². The van der Waals surface area contributed by atoms with Gasteiger partial charge in [0.2, 0.25) is 5.91 Å². The van der Waals surface area contributed by atoms with Gasteiger partial charge < -0.3 is 25.2 Å². The topological polar surface area (TPSA) is 96.9 Å². The molecule has 0 bridgehead atoms. The number of hydrogen-bond acceptors (Lipinski definition) is 5. The Labute approximate surface area is 202 Å². The van der Waals surface area contributed by atoms with E-state index in [2.05, 4.69) is 34.9 Å². The number of carboxylic acid groups (broad SMARTS) is 1. The Bertz CT molecular complexity index is 935. The molecule has 3 N–H and O–H groups in total. The number of benzene rings is 1. The molecule has 2 aliphatic carbocycles. The summed E-state index contributed by atoms with van der Waals surface area (Å²) in [4.78, 5) is 23.9. The third-order valence-corrected chi connectivity index (χ3v) is 6.75. The number of amides is 1. The lowest BCUT2D eigenvalue weighted by atomic mass is 9.87. The van der Waals surface area contributed by atoms with Crippen LogP contribution in [0.4, 0.5) is 0 Å². The van der Waals surface area contributed by atoms with Gasteiger partial charge in [-0.1, -0.05) is 32.1 Å². The van der Waals surface area contributed by atoms with E-state index in [1.54, 1.807) is 13.2 Å². The molecule has 0 aliphatic heterocycles. The maximum Gasteiger partial charge on any atom is 0.331 e. The van der Waals surface area contributed by atoms with Crippen LogP contribution in [-0.4, -0.2) is 48.4 Å². The molecular weight excluding hydrogens is 432 g/mol. The molecule has 3 rings (SSSR count). The SMILES string of the molecule is CCC(CC)O[C@@H]1C=C(C(=O)O)C[C@H](NCc2ccc(C3=CCCC3)cc2OC)[C@H]1NC(C)=O. The second-order valence-electron chi connectivity index (χ2n) is 9.10. The van der Waals surface area contributed by atoms with Gasteiger partial charge in [-0.05, 0) is 61.8 Å². The minimum Gasteiger partial charge on any atom is -0.496 e. The molecular formula is C27H38N2O5. The summed E-state index contributed by atoms with van der Waals surface area (Å²) in [5.41, 5.74) is 3.82. The van der Waals surface area contributed by atoms with E-state index < -0.39 is 12.1 Å². The molecule has 0 heterocycles. The fraction of sp³-hybridized carbons (Fsp3) is 0.556. The van der Waals surface area contributed by atoms with Crippen molar-refractivity contribution in [2.24, 2.45) is 0 Å². The van der Waals surface area contributed by atoms with Crippen molar-refractivity contribution in [1.29, 1.82) is 0 Å². The Balaban J connectivity index is 1.82. The Morgan fingerprint density at radius 1 is 1.24 bits per heavy atom. The first-order valence-corrected chi connectivity index (χ1v) is 12.3. The van der Waals surface area contributed by atoms with E-state index in [4.69, 9.17) is 9.47 Å². The van der Waals surface area contributed by atoms with Crippen LogP contribution in [-0.2, 0) is 20.9 Å². The van der Waals surface area contributed by atoms with Gasteiger partial charge in [-0.3, -0.25) is 4.79 Å². The van der Waals surface area contributed by atoms with Crippen molar-refractivity contribution in [1.82, 2.24) is 10.6 Å². The Kier molecular flexibility index (Phi) is 9.30. The van der Waals surface area contributed by atoms with Crippen LogP contribution >= 0.6 is 0 Å². The van der Waals surface area contributed by atoms with E-state index in [1.807, 2.05) is 13.8 Å². The van der Waals surface area contributed by atoms with Gasteiger partial charge in [0.1, 0.15) is 5.75 Å². The van der Waals surface area contributed by atoms with Crippen LogP contribution in [0, 0.1) is 0 Å². The molecule has 0 spiro atoms. The molecule has 1 aromatic rings. The standard InChI is InChI=1S/C27H38N2O5/c1-5-22(6-2)34-25-15-21(27(31)32)13-23(26(25)29-17(3)30)28-16-20-12-11-19(14-24(20)33-4)18-9-7-8-10-18/h9,11-12,14-15,22-23,25-26,28H,5-8,10,13,16H2,1-4H3,(H,29,30)(H,31,32)/t23-,25+,26+/m0/s1. The predicted octanol–water partition coefficient (Wildman–Crippen LogP) is 4.21. The number of nitrogens with one attached hydrogen (secondary N) is 2. The molecule has 7 heteroatoms. The molecule has 0 unspecified atom stereocenters. The second-order valence-corrected chi connectivity index (χ2v) is 9.10. The fourth-order valence-electron chi connectivity index (χ4n) is 4.83. The number of rotatable bonds is 11. The number of carboxylic acids is 1. The average molecular weight is 471 g/mol. The van der Waals surface area contributed by atoms with E-state index in [9.17, 15) is 14.7 Å². The summed E-state index contributed by atoms with van der Waals surface area (Å²) in [7, 11) is 1.66. The maximum atomic E-state index is 12.0. The number of carbonyl (C=O) groups is 2. The van der Waals surface area contributed by atoms with Gasteiger partial charge in [0, 0.05) is 30.6 Å². The van der Waals surface area contributed by atoms with Gasteiger partial charge in [0.05, 0.1) is 25.4 Å².